The number of hydrogen-bond acceptors (Lipinski definition) is 5. The lowest BCUT2D eigenvalue weighted by Gasteiger charge is -2.05. The Labute approximate surface area is 109 Å². The number of aromatic nitrogens is 2. The quantitative estimate of drug-likeness (QED) is 0.898. The molecule has 0 atom stereocenters. The Kier molecular flexibility index (Phi) is 3.69. The summed E-state index contributed by atoms with van der Waals surface area (Å²) in [5.74, 6) is 0.103. The van der Waals surface area contributed by atoms with Crippen LogP contribution in [0.25, 0.3) is 0 Å². The second kappa shape index (κ2) is 5.60. The molecule has 0 aliphatic carbocycles. The number of carbonyl (C=O) groups is 1. The van der Waals surface area contributed by atoms with Gasteiger partial charge in [-0.15, -0.1) is 0 Å². The second-order valence-corrected chi connectivity index (χ2v) is 3.59. The number of carbonyl (C=O) groups excluding carboxylic acids is 1. The van der Waals surface area contributed by atoms with Crippen LogP contribution in [0.5, 0.6) is 5.88 Å². The summed E-state index contributed by atoms with van der Waals surface area (Å²) >= 11 is 0. The van der Waals surface area contributed by atoms with Crippen LogP contribution in [0, 0.1) is 11.3 Å². The van der Waals surface area contributed by atoms with Crippen LogP contribution in [-0.2, 0) is 0 Å². The Morgan fingerprint density at radius 1 is 1.26 bits per heavy atom. The summed E-state index contributed by atoms with van der Waals surface area (Å²) in [6.07, 6.45) is 2.83. The van der Waals surface area contributed by atoms with Crippen molar-refractivity contribution in [1.29, 1.82) is 5.26 Å². The number of anilines is 1. The summed E-state index contributed by atoms with van der Waals surface area (Å²) in [4.78, 5) is 19.7. The van der Waals surface area contributed by atoms with Crippen molar-refractivity contribution < 1.29 is 9.53 Å². The predicted octanol–water partition coefficient (Wildman–Crippen LogP) is 1.61. The lowest BCUT2D eigenvalue weighted by atomic mass is 10.2. The van der Waals surface area contributed by atoms with E-state index in [1.807, 2.05) is 6.07 Å². The topological polar surface area (TPSA) is 87.9 Å². The number of amides is 1. The zero-order valence-corrected chi connectivity index (χ0v) is 10.1. The maximum absolute atomic E-state index is 11.9. The standard InChI is InChI=1S/C13H10N4O2/c1-19-12-5-3-10(8-16-12)17-13(18)11-4-2-9(6-14)7-15-11/h2-5,7-8H,1H3,(H,17,18). The lowest BCUT2D eigenvalue weighted by Crippen LogP contribution is -2.13. The molecule has 19 heavy (non-hydrogen) atoms. The summed E-state index contributed by atoms with van der Waals surface area (Å²) in [5, 5.41) is 11.3. The molecule has 94 valence electrons. The largest absolute Gasteiger partial charge is 0.481 e. The fourth-order valence-corrected chi connectivity index (χ4v) is 1.36. The van der Waals surface area contributed by atoms with Crippen LogP contribution < -0.4 is 10.1 Å². The average molecular weight is 254 g/mol. The summed E-state index contributed by atoms with van der Waals surface area (Å²) in [6.45, 7) is 0. The van der Waals surface area contributed by atoms with Crippen molar-refractivity contribution in [3.8, 4) is 11.9 Å². The highest BCUT2D eigenvalue weighted by atomic mass is 16.5. The smallest absolute Gasteiger partial charge is 0.274 e. The molecular weight excluding hydrogens is 244 g/mol. The molecule has 1 N–H and O–H groups in total. The number of rotatable bonds is 3. The molecule has 2 heterocycles. The first-order valence-electron chi connectivity index (χ1n) is 5.40. The minimum Gasteiger partial charge on any atom is -0.481 e. The Morgan fingerprint density at radius 2 is 2.11 bits per heavy atom. The third-order valence-corrected chi connectivity index (χ3v) is 2.33. The molecule has 0 bridgehead atoms. The monoisotopic (exact) mass is 254 g/mol. The maximum atomic E-state index is 11.9. The van der Waals surface area contributed by atoms with Crippen molar-refractivity contribution >= 4 is 11.6 Å². The fourth-order valence-electron chi connectivity index (χ4n) is 1.36. The van der Waals surface area contributed by atoms with E-state index >= 15 is 0 Å². The average Bonchev–Trinajstić information content (AvgIpc) is 2.48. The van der Waals surface area contributed by atoms with Gasteiger partial charge in [-0.25, -0.2) is 9.97 Å². The van der Waals surface area contributed by atoms with Crippen molar-refractivity contribution in [3.63, 3.8) is 0 Å². The number of ether oxygens (including phenoxy) is 1. The summed E-state index contributed by atoms with van der Waals surface area (Å²) in [5.41, 5.74) is 1.18. The molecule has 1 amide bonds. The zero-order valence-electron chi connectivity index (χ0n) is 10.1. The van der Waals surface area contributed by atoms with E-state index in [2.05, 4.69) is 15.3 Å². The summed E-state index contributed by atoms with van der Waals surface area (Å²) < 4.78 is 4.92. The third-order valence-electron chi connectivity index (χ3n) is 2.33. The predicted molar refractivity (Wildman–Crippen MR) is 67.7 cm³/mol. The van der Waals surface area contributed by atoms with Gasteiger partial charge in [-0.3, -0.25) is 4.79 Å². The molecule has 2 aromatic rings. The van der Waals surface area contributed by atoms with Crippen LogP contribution in [0.1, 0.15) is 16.1 Å². The molecule has 0 aliphatic heterocycles. The van der Waals surface area contributed by atoms with E-state index in [9.17, 15) is 4.79 Å². The van der Waals surface area contributed by atoms with Crippen molar-refractivity contribution in [2.45, 2.75) is 0 Å². The van der Waals surface area contributed by atoms with Crippen LogP contribution >= 0.6 is 0 Å². The van der Waals surface area contributed by atoms with E-state index in [0.29, 0.717) is 17.1 Å². The lowest BCUT2D eigenvalue weighted by molar-refractivity contribution is 0.102. The van der Waals surface area contributed by atoms with Gasteiger partial charge in [-0.05, 0) is 18.2 Å². The molecule has 0 spiro atoms. The van der Waals surface area contributed by atoms with E-state index < -0.39 is 0 Å². The third kappa shape index (κ3) is 3.04. The maximum Gasteiger partial charge on any atom is 0.274 e. The Balaban J connectivity index is 2.09. The van der Waals surface area contributed by atoms with E-state index in [1.165, 1.54) is 31.6 Å². The number of methoxy groups -OCH3 is 1. The number of nitriles is 1. The number of pyridine rings is 2. The highest BCUT2D eigenvalue weighted by molar-refractivity contribution is 6.02. The van der Waals surface area contributed by atoms with Crippen molar-refractivity contribution in [2.24, 2.45) is 0 Å². The minimum atomic E-state index is -0.364. The SMILES string of the molecule is COc1ccc(NC(=O)c2ccc(C#N)cn2)cn1. The molecule has 6 heteroatoms. The van der Waals surface area contributed by atoms with Gasteiger partial charge >= 0.3 is 0 Å². The van der Waals surface area contributed by atoms with Gasteiger partial charge in [0.05, 0.1) is 24.6 Å². The van der Waals surface area contributed by atoms with Crippen LogP contribution in [0.4, 0.5) is 5.69 Å². The molecule has 0 unspecified atom stereocenters. The fraction of sp³-hybridized carbons (Fsp3) is 0.0769. The van der Waals surface area contributed by atoms with E-state index in [0.717, 1.165) is 0 Å². The van der Waals surface area contributed by atoms with Gasteiger partial charge in [-0.2, -0.15) is 5.26 Å². The van der Waals surface area contributed by atoms with Gasteiger partial charge in [0.2, 0.25) is 5.88 Å². The second-order valence-electron chi connectivity index (χ2n) is 3.59. The van der Waals surface area contributed by atoms with Gasteiger partial charge in [-0.1, -0.05) is 0 Å². The van der Waals surface area contributed by atoms with Crippen LogP contribution in [0.15, 0.2) is 36.7 Å². The molecule has 0 saturated heterocycles. The zero-order chi connectivity index (χ0) is 13.7. The van der Waals surface area contributed by atoms with E-state index in [1.54, 1.807) is 12.1 Å². The van der Waals surface area contributed by atoms with Crippen molar-refractivity contribution in [3.05, 3.63) is 47.9 Å². The van der Waals surface area contributed by atoms with Crippen molar-refractivity contribution in [2.75, 3.05) is 12.4 Å². The van der Waals surface area contributed by atoms with Gasteiger partial charge in [0.25, 0.3) is 5.91 Å². The Morgan fingerprint density at radius 3 is 2.63 bits per heavy atom. The molecule has 2 aromatic heterocycles. The van der Waals surface area contributed by atoms with Crippen LogP contribution in [-0.4, -0.2) is 23.0 Å². The highest BCUT2D eigenvalue weighted by Crippen LogP contribution is 2.12. The number of nitrogens with zero attached hydrogens (tertiary/aromatic N) is 3. The minimum absolute atomic E-state index is 0.231. The van der Waals surface area contributed by atoms with Gasteiger partial charge in [0, 0.05) is 12.3 Å². The van der Waals surface area contributed by atoms with Crippen LogP contribution in [0.2, 0.25) is 0 Å². The van der Waals surface area contributed by atoms with Crippen molar-refractivity contribution in [1.82, 2.24) is 9.97 Å². The first-order valence-corrected chi connectivity index (χ1v) is 5.40. The normalized spacial score (nSPS) is 9.47. The summed E-state index contributed by atoms with van der Waals surface area (Å²) in [7, 11) is 1.52. The Hall–Kier alpha value is -2.94. The van der Waals surface area contributed by atoms with Gasteiger partial charge < -0.3 is 10.1 Å². The van der Waals surface area contributed by atoms with E-state index in [-0.39, 0.29) is 11.6 Å². The Bertz CT molecular complexity index is 615. The molecule has 0 fully saturated rings. The van der Waals surface area contributed by atoms with E-state index in [4.69, 9.17) is 10.00 Å². The molecule has 0 radical (unpaired) electrons. The number of hydrogen-bond donors (Lipinski definition) is 1. The first-order chi connectivity index (χ1) is 9.22. The summed E-state index contributed by atoms with van der Waals surface area (Å²) in [6, 6.07) is 8.28. The van der Waals surface area contributed by atoms with Crippen LogP contribution in [0.3, 0.4) is 0 Å². The highest BCUT2D eigenvalue weighted by Gasteiger charge is 2.07. The number of nitrogens with one attached hydrogen (secondary N) is 1. The molecule has 2 rings (SSSR count). The molecule has 0 aliphatic rings. The first kappa shape index (κ1) is 12.5. The molecular formula is C13H10N4O2. The van der Waals surface area contributed by atoms with Gasteiger partial charge in [0.1, 0.15) is 11.8 Å². The molecule has 6 nitrogen and oxygen atoms in total. The van der Waals surface area contributed by atoms with Gasteiger partial charge in [0.15, 0.2) is 0 Å². The molecule has 0 aromatic carbocycles. The molecule has 0 saturated carbocycles.